The number of rotatable bonds is 4. The van der Waals surface area contributed by atoms with Gasteiger partial charge in [-0.25, -0.2) is 8.78 Å². The minimum Gasteiger partial charge on any atom is -0.372 e. The van der Waals surface area contributed by atoms with Crippen LogP contribution in [0, 0.1) is 11.6 Å². The number of carbonyl (C=O) groups excluding carboxylic acids is 1. The van der Waals surface area contributed by atoms with E-state index in [-0.39, 0.29) is 12.3 Å². The summed E-state index contributed by atoms with van der Waals surface area (Å²) < 4.78 is 30.5. The van der Waals surface area contributed by atoms with Crippen LogP contribution in [0.4, 0.5) is 14.5 Å². The third kappa shape index (κ3) is 3.63. The molecule has 0 aliphatic carbocycles. The van der Waals surface area contributed by atoms with E-state index in [0.717, 1.165) is 18.2 Å². The second-order valence-electron chi connectivity index (χ2n) is 2.81. The fraction of sp³-hybridized carbons (Fsp3) is 0.300. The molecule has 0 aliphatic heterocycles. The normalized spacial score (nSPS) is 10.1. The zero-order valence-electron chi connectivity index (χ0n) is 8.22. The Hall–Kier alpha value is -1.49. The van der Waals surface area contributed by atoms with Crippen LogP contribution >= 0.6 is 0 Å². The number of hydrogen-bond donors (Lipinski definition) is 1. The quantitative estimate of drug-likeness (QED) is 0.833. The molecule has 0 radical (unpaired) electrons. The zero-order valence-corrected chi connectivity index (χ0v) is 8.22. The molecule has 3 nitrogen and oxygen atoms in total. The molecule has 1 aromatic rings. The van der Waals surface area contributed by atoms with Gasteiger partial charge in [0.15, 0.2) is 0 Å². The SMILES string of the molecule is CCOCC(=O)Nc1cc(F)ccc1F. The van der Waals surface area contributed by atoms with Gasteiger partial charge >= 0.3 is 0 Å². The van der Waals surface area contributed by atoms with Gasteiger partial charge < -0.3 is 10.1 Å². The van der Waals surface area contributed by atoms with E-state index in [1.807, 2.05) is 0 Å². The number of ether oxygens (including phenoxy) is 1. The highest BCUT2D eigenvalue weighted by atomic mass is 19.1. The number of amides is 1. The molecule has 5 heteroatoms. The number of nitrogens with one attached hydrogen (secondary N) is 1. The van der Waals surface area contributed by atoms with Gasteiger partial charge in [0.25, 0.3) is 0 Å². The van der Waals surface area contributed by atoms with E-state index in [2.05, 4.69) is 5.32 Å². The number of anilines is 1. The number of halogens is 2. The summed E-state index contributed by atoms with van der Waals surface area (Å²) in [4.78, 5) is 11.1. The zero-order chi connectivity index (χ0) is 11.3. The fourth-order valence-electron chi connectivity index (χ4n) is 0.974. The predicted molar refractivity (Wildman–Crippen MR) is 51.5 cm³/mol. The van der Waals surface area contributed by atoms with E-state index in [0.29, 0.717) is 6.61 Å². The van der Waals surface area contributed by atoms with E-state index in [4.69, 9.17) is 4.74 Å². The van der Waals surface area contributed by atoms with Crippen molar-refractivity contribution < 1.29 is 18.3 Å². The monoisotopic (exact) mass is 215 g/mol. The van der Waals surface area contributed by atoms with Crippen molar-refractivity contribution in [2.75, 3.05) is 18.5 Å². The first-order chi connectivity index (χ1) is 7.13. The lowest BCUT2D eigenvalue weighted by molar-refractivity contribution is -0.120. The molecule has 1 rings (SSSR count). The van der Waals surface area contributed by atoms with Gasteiger partial charge in [-0.2, -0.15) is 0 Å². The van der Waals surface area contributed by atoms with Crippen LogP contribution in [0.3, 0.4) is 0 Å². The average Bonchev–Trinajstić information content (AvgIpc) is 2.20. The van der Waals surface area contributed by atoms with Crippen molar-refractivity contribution in [1.29, 1.82) is 0 Å². The Balaban J connectivity index is 2.63. The van der Waals surface area contributed by atoms with Crippen LogP contribution in [0.1, 0.15) is 6.92 Å². The van der Waals surface area contributed by atoms with E-state index < -0.39 is 17.5 Å². The molecule has 0 spiro atoms. The van der Waals surface area contributed by atoms with E-state index in [1.165, 1.54) is 0 Å². The van der Waals surface area contributed by atoms with Crippen molar-refractivity contribution in [3.05, 3.63) is 29.8 Å². The highest BCUT2D eigenvalue weighted by Crippen LogP contribution is 2.14. The maximum atomic E-state index is 13.0. The van der Waals surface area contributed by atoms with Gasteiger partial charge in [-0.3, -0.25) is 4.79 Å². The van der Waals surface area contributed by atoms with Crippen molar-refractivity contribution in [2.45, 2.75) is 6.92 Å². The molecule has 1 aromatic carbocycles. The predicted octanol–water partition coefficient (Wildman–Crippen LogP) is 1.94. The molecule has 0 saturated heterocycles. The minimum atomic E-state index is -0.679. The second-order valence-corrected chi connectivity index (χ2v) is 2.81. The van der Waals surface area contributed by atoms with Crippen LogP contribution in [0.5, 0.6) is 0 Å². The lowest BCUT2D eigenvalue weighted by Crippen LogP contribution is -2.19. The molecule has 0 fully saturated rings. The maximum absolute atomic E-state index is 13.0. The van der Waals surface area contributed by atoms with Crippen molar-refractivity contribution in [3.8, 4) is 0 Å². The smallest absolute Gasteiger partial charge is 0.250 e. The number of benzene rings is 1. The van der Waals surface area contributed by atoms with Gasteiger partial charge in [-0.05, 0) is 19.1 Å². The highest BCUT2D eigenvalue weighted by Gasteiger charge is 2.07. The van der Waals surface area contributed by atoms with Crippen molar-refractivity contribution >= 4 is 11.6 Å². The Kier molecular flexibility index (Phi) is 4.17. The maximum Gasteiger partial charge on any atom is 0.250 e. The third-order valence-electron chi connectivity index (χ3n) is 1.64. The van der Waals surface area contributed by atoms with Crippen LogP contribution in [-0.2, 0) is 9.53 Å². The van der Waals surface area contributed by atoms with Crippen molar-refractivity contribution in [1.82, 2.24) is 0 Å². The largest absolute Gasteiger partial charge is 0.372 e. The Morgan fingerprint density at radius 2 is 2.20 bits per heavy atom. The summed E-state index contributed by atoms with van der Waals surface area (Å²) in [6.07, 6.45) is 0. The first-order valence-corrected chi connectivity index (χ1v) is 4.46. The third-order valence-corrected chi connectivity index (χ3v) is 1.64. The first-order valence-electron chi connectivity index (χ1n) is 4.46. The van der Waals surface area contributed by atoms with E-state index >= 15 is 0 Å². The number of hydrogen-bond acceptors (Lipinski definition) is 2. The molecular formula is C10H11F2NO2. The summed E-state index contributed by atoms with van der Waals surface area (Å²) in [5.74, 6) is -1.80. The molecule has 1 N–H and O–H groups in total. The summed E-state index contributed by atoms with van der Waals surface area (Å²) in [7, 11) is 0. The Morgan fingerprint density at radius 3 is 2.87 bits per heavy atom. The molecule has 0 unspecified atom stereocenters. The van der Waals surface area contributed by atoms with Crippen LogP contribution in [0.25, 0.3) is 0 Å². The highest BCUT2D eigenvalue weighted by molar-refractivity contribution is 5.91. The van der Waals surface area contributed by atoms with Gasteiger partial charge in [-0.1, -0.05) is 0 Å². The van der Waals surface area contributed by atoms with Crippen LogP contribution in [0.15, 0.2) is 18.2 Å². The Bertz CT molecular complexity index is 355. The lowest BCUT2D eigenvalue weighted by Gasteiger charge is -2.06. The van der Waals surface area contributed by atoms with Crippen molar-refractivity contribution in [3.63, 3.8) is 0 Å². The molecule has 0 atom stereocenters. The summed E-state index contributed by atoms with van der Waals surface area (Å²) in [6, 6.07) is 2.85. The van der Waals surface area contributed by atoms with Gasteiger partial charge in [0.05, 0.1) is 5.69 Å². The molecule has 0 aromatic heterocycles. The molecule has 15 heavy (non-hydrogen) atoms. The number of carbonyl (C=O) groups is 1. The molecule has 0 saturated carbocycles. The fourth-order valence-corrected chi connectivity index (χ4v) is 0.974. The molecule has 1 amide bonds. The summed E-state index contributed by atoms with van der Waals surface area (Å²) in [6.45, 7) is 1.95. The molecule has 0 aliphatic rings. The van der Waals surface area contributed by atoms with Crippen LogP contribution in [0.2, 0.25) is 0 Å². The van der Waals surface area contributed by atoms with Crippen molar-refractivity contribution in [2.24, 2.45) is 0 Å². The Morgan fingerprint density at radius 1 is 1.47 bits per heavy atom. The summed E-state index contributed by atoms with van der Waals surface area (Å²) in [5, 5.41) is 2.21. The molecular weight excluding hydrogens is 204 g/mol. The van der Waals surface area contributed by atoms with E-state index in [1.54, 1.807) is 6.92 Å². The van der Waals surface area contributed by atoms with Gasteiger partial charge in [0.1, 0.15) is 18.2 Å². The van der Waals surface area contributed by atoms with Gasteiger partial charge in [0, 0.05) is 12.7 Å². The Labute approximate surface area is 86.0 Å². The average molecular weight is 215 g/mol. The molecule has 0 bridgehead atoms. The van der Waals surface area contributed by atoms with Gasteiger partial charge in [0.2, 0.25) is 5.91 Å². The summed E-state index contributed by atoms with van der Waals surface area (Å²) >= 11 is 0. The first kappa shape index (κ1) is 11.6. The molecule has 82 valence electrons. The molecule has 0 heterocycles. The van der Waals surface area contributed by atoms with Crippen LogP contribution < -0.4 is 5.32 Å². The van der Waals surface area contributed by atoms with Crippen LogP contribution in [-0.4, -0.2) is 19.1 Å². The minimum absolute atomic E-state index is 0.174. The lowest BCUT2D eigenvalue weighted by atomic mass is 10.3. The van der Waals surface area contributed by atoms with Gasteiger partial charge in [-0.15, -0.1) is 0 Å². The van der Waals surface area contributed by atoms with E-state index in [9.17, 15) is 13.6 Å². The standard InChI is InChI=1S/C10H11F2NO2/c1-2-15-6-10(14)13-9-5-7(11)3-4-8(9)12/h3-5H,2,6H2,1H3,(H,13,14). The topological polar surface area (TPSA) is 38.3 Å². The second kappa shape index (κ2) is 5.41. The summed E-state index contributed by atoms with van der Waals surface area (Å²) in [5.41, 5.74) is -0.181.